The molecule has 0 amide bonds. The zero-order valence-corrected chi connectivity index (χ0v) is 15.3. The van der Waals surface area contributed by atoms with E-state index >= 15 is 0 Å². The zero-order valence-electron chi connectivity index (χ0n) is 14.3. The average Bonchev–Trinajstić information content (AvgIpc) is 2.61. The summed E-state index contributed by atoms with van der Waals surface area (Å²) in [7, 11) is 0.917. The Balaban J connectivity index is 1.77. The van der Waals surface area contributed by atoms with Crippen molar-refractivity contribution < 1.29 is 4.74 Å². The van der Waals surface area contributed by atoms with Gasteiger partial charge in [-0.3, -0.25) is 0 Å². The van der Waals surface area contributed by atoms with Crippen LogP contribution in [-0.2, 0) is 0 Å². The van der Waals surface area contributed by atoms with Crippen molar-refractivity contribution in [1.29, 1.82) is 0 Å². The Kier molecular flexibility index (Phi) is 6.15. The number of hydrogen-bond acceptors (Lipinski definition) is 1. The molecular weight excluding hydrogens is 296 g/mol. The zero-order chi connectivity index (χ0) is 15.9. The molecule has 1 aliphatic carbocycles. The molecule has 1 fully saturated rings. The van der Waals surface area contributed by atoms with E-state index in [1.54, 1.807) is 0 Å². The summed E-state index contributed by atoms with van der Waals surface area (Å²) in [6.07, 6.45) is 10.9. The molecule has 2 aromatic rings. The van der Waals surface area contributed by atoms with Crippen molar-refractivity contribution in [2.45, 2.75) is 70.4 Å². The van der Waals surface area contributed by atoms with Gasteiger partial charge in [0, 0.05) is 5.39 Å². The second-order valence-corrected chi connectivity index (χ2v) is 8.06. The Hall–Kier alpha value is -1.28. The van der Waals surface area contributed by atoms with Crippen LogP contribution in [0.3, 0.4) is 0 Å². The Labute approximate surface area is 143 Å². The van der Waals surface area contributed by atoms with E-state index in [4.69, 9.17) is 4.74 Å². The molecule has 122 valence electrons. The van der Waals surface area contributed by atoms with E-state index in [2.05, 4.69) is 43.3 Å². The molecule has 1 nitrogen and oxygen atoms in total. The summed E-state index contributed by atoms with van der Waals surface area (Å²) in [5, 5.41) is 4.21. The van der Waals surface area contributed by atoms with Crippen molar-refractivity contribution in [2.24, 2.45) is 0 Å². The van der Waals surface area contributed by atoms with Gasteiger partial charge < -0.3 is 4.74 Å². The molecule has 23 heavy (non-hydrogen) atoms. The van der Waals surface area contributed by atoms with Crippen LogP contribution in [0.15, 0.2) is 36.4 Å². The summed E-state index contributed by atoms with van der Waals surface area (Å²) < 4.78 is 6.37. The van der Waals surface area contributed by atoms with Gasteiger partial charge in [-0.25, -0.2) is 0 Å². The number of ether oxygens (including phenoxy) is 1. The number of benzene rings is 2. The van der Waals surface area contributed by atoms with Crippen molar-refractivity contribution in [3.8, 4) is 5.75 Å². The molecule has 1 aliphatic rings. The molecule has 0 aliphatic heterocycles. The molecule has 0 heterocycles. The van der Waals surface area contributed by atoms with E-state index in [-0.39, 0.29) is 0 Å². The van der Waals surface area contributed by atoms with Crippen molar-refractivity contribution in [3.63, 3.8) is 0 Å². The molecule has 2 aromatic carbocycles. The van der Waals surface area contributed by atoms with Crippen LogP contribution in [0.1, 0.15) is 58.3 Å². The monoisotopic (exact) mass is 324 g/mol. The van der Waals surface area contributed by atoms with E-state index in [9.17, 15) is 0 Å². The maximum absolute atomic E-state index is 6.37. The van der Waals surface area contributed by atoms with Crippen molar-refractivity contribution in [3.05, 3.63) is 36.4 Å². The fourth-order valence-corrected chi connectivity index (χ4v) is 4.79. The standard InChI is InChI=1S/C21H28OSi/c1-2-3-9-16-23-21-15-14-20(18-12-7-8-13-19(18)21)22-17-10-5-4-6-11-17/h7-8,12-15,17H,2-6,9-11,16H2,1H3. The smallest absolute Gasteiger partial charge is 0.127 e. The normalized spacial score (nSPS) is 15.9. The van der Waals surface area contributed by atoms with Gasteiger partial charge in [-0.05, 0) is 37.1 Å². The minimum absolute atomic E-state index is 0.421. The summed E-state index contributed by atoms with van der Waals surface area (Å²) >= 11 is 0. The molecule has 2 heteroatoms. The van der Waals surface area contributed by atoms with E-state index in [1.165, 1.54) is 73.4 Å². The highest BCUT2D eigenvalue weighted by Gasteiger charge is 2.16. The maximum Gasteiger partial charge on any atom is 0.127 e. The quantitative estimate of drug-likeness (QED) is 0.483. The van der Waals surface area contributed by atoms with Gasteiger partial charge in [0.1, 0.15) is 5.75 Å². The fourth-order valence-electron chi connectivity index (χ4n) is 3.49. The number of fused-ring (bicyclic) bond motifs is 1. The van der Waals surface area contributed by atoms with Crippen LogP contribution in [0.25, 0.3) is 10.8 Å². The lowest BCUT2D eigenvalue weighted by molar-refractivity contribution is 0.157. The van der Waals surface area contributed by atoms with E-state index in [0.717, 1.165) is 15.3 Å². The van der Waals surface area contributed by atoms with Crippen LogP contribution in [0.2, 0.25) is 6.04 Å². The summed E-state index contributed by atoms with van der Waals surface area (Å²) in [5.41, 5.74) is 0. The first kappa shape index (κ1) is 16.6. The van der Waals surface area contributed by atoms with Gasteiger partial charge in [0.15, 0.2) is 0 Å². The van der Waals surface area contributed by atoms with Crippen LogP contribution in [0.5, 0.6) is 5.75 Å². The molecular formula is C21H28OSi. The Morgan fingerprint density at radius 2 is 1.74 bits per heavy atom. The van der Waals surface area contributed by atoms with Crippen LogP contribution in [0.4, 0.5) is 0 Å². The molecule has 2 radical (unpaired) electrons. The van der Waals surface area contributed by atoms with E-state index in [1.807, 2.05) is 0 Å². The second-order valence-electron chi connectivity index (χ2n) is 6.67. The van der Waals surface area contributed by atoms with Crippen LogP contribution in [0, 0.1) is 0 Å². The SMILES string of the molecule is CCCCC[Si]c1ccc(OC2CCCCC2)c2ccccc12. The molecule has 0 aromatic heterocycles. The second kappa shape index (κ2) is 8.54. The third-order valence-corrected chi connectivity index (χ3v) is 6.25. The molecule has 3 rings (SSSR count). The molecule has 0 spiro atoms. The lowest BCUT2D eigenvalue weighted by Crippen LogP contribution is -2.21. The minimum Gasteiger partial charge on any atom is -0.490 e. The summed E-state index contributed by atoms with van der Waals surface area (Å²) in [4.78, 5) is 0. The van der Waals surface area contributed by atoms with Gasteiger partial charge in [-0.15, -0.1) is 0 Å². The first-order chi connectivity index (χ1) is 11.4. The molecule has 0 unspecified atom stereocenters. The molecule has 0 atom stereocenters. The van der Waals surface area contributed by atoms with Gasteiger partial charge in [0.05, 0.1) is 15.6 Å². The average molecular weight is 325 g/mol. The first-order valence-electron chi connectivity index (χ1n) is 9.31. The Bertz CT molecular complexity index is 616. The van der Waals surface area contributed by atoms with Crippen LogP contribution in [-0.4, -0.2) is 15.6 Å². The third-order valence-electron chi connectivity index (χ3n) is 4.83. The van der Waals surface area contributed by atoms with Crippen LogP contribution >= 0.6 is 0 Å². The lowest BCUT2D eigenvalue weighted by Gasteiger charge is -2.24. The van der Waals surface area contributed by atoms with Crippen molar-refractivity contribution in [1.82, 2.24) is 0 Å². The predicted molar refractivity (Wildman–Crippen MR) is 101 cm³/mol. The predicted octanol–water partition coefficient (Wildman–Crippen LogP) is 5.49. The molecule has 0 N–H and O–H groups in total. The molecule has 0 saturated heterocycles. The molecule has 1 saturated carbocycles. The highest BCUT2D eigenvalue weighted by atomic mass is 28.2. The summed E-state index contributed by atoms with van der Waals surface area (Å²) in [6, 6.07) is 14.6. The first-order valence-corrected chi connectivity index (χ1v) is 10.5. The number of rotatable bonds is 7. The third kappa shape index (κ3) is 4.38. The van der Waals surface area contributed by atoms with Crippen LogP contribution < -0.4 is 9.92 Å². The van der Waals surface area contributed by atoms with Crippen molar-refractivity contribution >= 4 is 25.5 Å². The topological polar surface area (TPSA) is 9.23 Å². The Morgan fingerprint density at radius 1 is 0.957 bits per heavy atom. The number of hydrogen-bond donors (Lipinski definition) is 0. The van der Waals surface area contributed by atoms with Gasteiger partial charge in [0.25, 0.3) is 0 Å². The van der Waals surface area contributed by atoms with E-state index < -0.39 is 0 Å². The van der Waals surface area contributed by atoms with E-state index in [0.29, 0.717) is 6.10 Å². The van der Waals surface area contributed by atoms with Gasteiger partial charge in [-0.2, -0.15) is 0 Å². The largest absolute Gasteiger partial charge is 0.490 e. The van der Waals surface area contributed by atoms with Gasteiger partial charge in [-0.1, -0.05) is 74.2 Å². The summed E-state index contributed by atoms with van der Waals surface area (Å²) in [5.74, 6) is 1.09. The minimum atomic E-state index is 0.421. The van der Waals surface area contributed by atoms with Crippen molar-refractivity contribution in [2.75, 3.05) is 0 Å². The Morgan fingerprint density at radius 3 is 2.52 bits per heavy atom. The molecule has 0 bridgehead atoms. The highest BCUT2D eigenvalue weighted by molar-refractivity contribution is 6.57. The number of unbranched alkanes of at least 4 members (excludes halogenated alkanes) is 2. The lowest BCUT2D eigenvalue weighted by atomic mass is 9.97. The maximum atomic E-state index is 6.37. The van der Waals surface area contributed by atoms with Gasteiger partial charge >= 0.3 is 0 Å². The fraction of sp³-hybridized carbons (Fsp3) is 0.524. The highest BCUT2D eigenvalue weighted by Crippen LogP contribution is 2.29. The van der Waals surface area contributed by atoms with Gasteiger partial charge in [0.2, 0.25) is 0 Å². The summed E-state index contributed by atoms with van der Waals surface area (Å²) in [6.45, 7) is 2.27.